The number of hydrogen-bond acceptors (Lipinski definition) is 2. The molecule has 2 saturated carbocycles. The SMILES string of the molecule is CC1(C)[C@@H]2CC[C@@H](C2)[C@@]1(C)NC(=S)NC[C@H]1CCCO1. The van der Waals surface area contributed by atoms with E-state index in [1.54, 1.807) is 0 Å². The second-order valence-corrected chi connectivity index (χ2v) is 8.01. The second kappa shape index (κ2) is 5.13. The molecule has 4 atom stereocenters. The van der Waals surface area contributed by atoms with Crippen LogP contribution < -0.4 is 10.6 Å². The van der Waals surface area contributed by atoms with Crippen molar-refractivity contribution in [2.75, 3.05) is 13.2 Å². The summed E-state index contributed by atoms with van der Waals surface area (Å²) in [6.45, 7) is 8.94. The van der Waals surface area contributed by atoms with Gasteiger partial charge in [0.2, 0.25) is 0 Å². The zero-order valence-corrected chi connectivity index (χ0v) is 13.8. The molecular formula is C16H28N2OS. The van der Waals surface area contributed by atoms with Crippen LogP contribution in [0.5, 0.6) is 0 Å². The van der Waals surface area contributed by atoms with Crippen molar-refractivity contribution in [3.8, 4) is 0 Å². The minimum atomic E-state index is 0.135. The first-order chi connectivity index (χ1) is 9.43. The topological polar surface area (TPSA) is 33.3 Å². The Balaban J connectivity index is 1.57. The molecule has 3 aliphatic rings. The molecule has 1 saturated heterocycles. The fourth-order valence-corrected chi connectivity index (χ4v) is 4.96. The zero-order chi connectivity index (χ0) is 14.4. The molecule has 3 nitrogen and oxygen atoms in total. The molecule has 2 bridgehead atoms. The highest BCUT2D eigenvalue weighted by Gasteiger charge is 2.60. The van der Waals surface area contributed by atoms with Gasteiger partial charge in [0.1, 0.15) is 0 Å². The Bertz CT molecular complexity index is 392. The van der Waals surface area contributed by atoms with Crippen LogP contribution in [-0.2, 0) is 4.74 Å². The Morgan fingerprint density at radius 2 is 1.95 bits per heavy atom. The predicted molar refractivity (Wildman–Crippen MR) is 85.7 cm³/mol. The van der Waals surface area contributed by atoms with Crippen LogP contribution in [0.25, 0.3) is 0 Å². The Labute approximate surface area is 128 Å². The Morgan fingerprint density at radius 3 is 2.55 bits per heavy atom. The molecule has 0 radical (unpaired) electrons. The summed E-state index contributed by atoms with van der Waals surface area (Å²) in [4.78, 5) is 0. The lowest BCUT2D eigenvalue weighted by Crippen LogP contribution is -2.61. The molecule has 1 heterocycles. The molecule has 2 N–H and O–H groups in total. The van der Waals surface area contributed by atoms with E-state index in [-0.39, 0.29) is 5.54 Å². The smallest absolute Gasteiger partial charge is 0.166 e. The maximum absolute atomic E-state index is 5.64. The lowest BCUT2D eigenvalue weighted by molar-refractivity contribution is 0.0823. The summed E-state index contributed by atoms with van der Waals surface area (Å²) in [6.07, 6.45) is 6.79. The Morgan fingerprint density at radius 1 is 1.20 bits per heavy atom. The largest absolute Gasteiger partial charge is 0.376 e. The van der Waals surface area contributed by atoms with Crippen molar-refractivity contribution in [3.05, 3.63) is 0 Å². The van der Waals surface area contributed by atoms with Crippen molar-refractivity contribution in [2.45, 2.75) is 64.5 Å². The van der Waals surface area contributed by atoms with Crippen molar-refractivity contribution in [1.29, 1.82) is 0 Å². The lowest BCUT2D eigenvalue weighted by Gasteiger charge is -2.48. The third-order valence-electron chi connectivity index (χ3n) is 6.50. The van der Waals surface area contributed by atoms with E-state index in [4.69, 9.17) is 17.0 Å². The minimum Gasteiger partial charge on any atom is -0.376 e. The van der Waals surface area contributed by atoms with E-state index in [2.05, 4.69) is 31.4 Å². The highest BCUT2D eigenvalue weighted by Crippen LogP contribution is 2.61. The van der Waals surface area contributed by atoms with E-state index < -0.39 is 0 Å². The molecule has 2 aliphatic carbocycles. The van der Waals surface area contributed by atoms with Crippen LogP contribution >= 0.6 is 12.2 Å². The third-order valence-corrected chi connectivity index (χ3v) is 6.74. The normalized spacial score (nSPS) is 41.9. The van der Waals surface area contributed by atoms with Gasteiger partial charge in [-0.05, 0) is 68.5 Å². The van der Waals surface area contributed by atoms with E-state index in [0.29, 0.717) is 11.5 Å². The first-order valence-corrected chi connectivity index (χ1v) is 8.52. The van der Waals surface area contributed by atoms with Gasteiger partial charge >= 0.3 is 0 Å². The molecule has 114 valence electrons. The van der Waals surface area contributed by atoms with Gasteiger partial charge in [0.05, 0.1) is 6.10 Å². The lowest BCUT2D eigenvalue weighted by atomic mass is 9.64. The fraction of sp³-hybridized carbons (Fsp3) is 0.938. The number of hydrogen-bond donors (Lipinski definition) is 2. The van der Waals surface area contributed by atoms with Crippen LogP contribution in [0.2, 0.25) is 0 Å². The van der Waals surface area contributed by atoms with E-state index in [1.165, 1.54) is 25.7 Å². The monoisotopic (exact) mass is 296 g/mol. The molecule has 0 spiro atoms. The van der Waals surface area contributed by atoms with Gasteiger partial charge in [0.15, 0.2) is 5.11 Å². The average molecular weight is 296 g/mol. The zero-order valence-electron chi connectivity index (χ0n) is 13.0. The average Bonchev–Trinajstić information content (AvgIpc) is 3.09. The predicted octanol–water partition coefficient (Wildman–Crippen LogP) is 2.84. The van der Waals surface area contributed by atoms with E-state index in [1.807, 2.05) is 0 Å². The maximum atomic E-state index is 5.64. The van der Waals surface area contributed by atoms with Gasteiger partial charge in [0, 0.05) is 18.7 Å². The highest BCUT2D eigenvalue weighted by molar-refractivity contribution is 7.80. The molecule has 0 aromatic heterocycles. The van der Waals surface area contributed by atoms with Crippen LogP contribution in [0.15, 0.2) is 0 Å². The van der Waals surface area contributed by atoms with E-state index >= 15 is 0 Å². The quantitative estimate of drug-likeness (QED) is 0.785. The molecule has 1 aliphatic heterocycles. The van der Waals surface area contributed by atoms with Gasteiger partial charge in [-0.3, -0.25) is 0 Å². The van der Waals surface area contributed by atoms with Crippen LogP contribution in [-0.4, -0.2) is 29.9 Å². The summed E-state index contributed by atoms with van der Waals surface area (Å²) in [5, 5.41) is 7.84. The van der Waals surface area contributed by atoms with Gasteiger partial charge in [-0.15, -0.1) is 0 Å². The first kappa shape index (κ1) is 14.6. The van der Waals surface area contributed by atoms with Crippen molar-refractivity contribution >= 4 is 17.3 Å². The van der Waals surface area contributed by atoms with Crippen LogP contribution in [0.3, 0.4) is 0 Å². The third kappa shape index (κ3) is 2.25. The van der Waals surface area contributed by atoms with Gasteiger partial charge in [-0.2, -0.15) is 0 Å². The Hall–Kier alpha value is -0.350. The molecule has 0 aromatic carbocycles. The standard InChI is InChI=1S/C16H28N2OS/c1-15(2)11-6-7-12(9-11)16(15,3)18-14(20)17-10-13-5-4-8-19-13/h11-13H,4-10H2,1-3H3,(H2,17,18,20)/t11-,12+,13-,16-/m1/s1. The summed E-state index contributed by atoms with van der Waals surface area (Å²) in [7, 11) is 0. The van der Waals surface area contributed by atoms with Crippen LogP contribution in [0.4, 0.5) is 0 Å². The van der Waals surface area contributed by atoms with Gasteiger partial charge in [0.25, 0.3) is 0 Å². The molecule has 0 amide bonds. The number of ether oxygens (including phenoxy) is 1. The summed E-state index contributed by atoms with van der Waals surface area (Å²) in [6, 6.07) is 0. The van der Waals surface area contributed by atoms with Gasteiger partial charge < -0.3 is 15.4 Å². The van der Waals surface area contributed by atoms with Crippen LogP contribution in [0.1, 0.15) is 52.9 Å². The summed E-state index contributed by atoms with van der Waals surface area (Å²) >= 11 is 5.54. The van der Waals surface area contributed by atoms with Crippen LogP contribution in [0, 0.1) is 17.3 Å². The number of thiocarbonyl (C=S) groups is 1. The number of fused-ring (bicyclic) bond motifs is 2. The molecule has 0 unspecified atom stereocenters. The maximum Gasteiger partial charge on any atom is 0.166 e. The van der Waals surface area contributed by atoms with Crippen molar-refractivity contribution in [1.82, 2.24) is 10.6 Å². The molecule has 3 fully saturated rings. The summed E-state index contributed by atoms with van der Waals surface area (Å²) in [5.41, 5.74) is 0.460. The van der Waals surface area contributed by atoms with E-state index in [0.717, 1.165) is 36.5 Å². The molecular weight excluding hydrogens is 268 g/mol. The minimum absolute atomic E-state index is 0.135. The van der Waals surface area contributed by atoms with Gasteiger partial charge in [-0.1, -0.05) is 13.8 Å². The van der Waals surface area contributed by atoms with Gasteiger partial charge in [-0.25, -0.2) is 0 Å². The molecule has 3 rings (SSSR count). The summed E-state index contributed by atoms with van der Waals surface area (Å²) < 4.78 is 5.64. The molecule has 20 heavy (non-hydrogen) atoms. The fourth-order valence-electron chi connectivity index (χ4n) is 4.67. The van der Waals surface area contributed by atoms with Crippen molar-refractivity contribution < 1.29 is 4.74 Å². The van der Waals surface area contributed by atoms with Crippen molar-refractivity contribution in [2.24, 2.45) is 17.3 Å². The van der Waals surface area contributed by atoms with Crippen molar-refractivity contribution in [3.63, 3.8) is 0 Å². The Kier molecular flexibility index (Phi) is 3.74. The first-order valence-electron chi connectivity index (χ1n) is 8.11. The number of rotatable bonds is 3. The van der Waals surface area contributed by atoms with E-state index in [9.17, 15) is 0 Å². The molecule has 0 aromatic rings. The second-order valence-electron chi connectivity index (χ2n) is 7.60. The molecule has 4 heteroatoms. The highest BCUT2D eigenvalue weighted by atomic mass is 32.1. The summed E-state index contributed by atoms with van der Waals surface area (Å²) in [5.74, 6) is 1.62. The number of nitrogens with one attached hydrogen (secondary N) is 2.